The van der Waals surface area contributed by atoms with Crippen LogP contribution in [0.15, 0.2) is 23.2 Å². The van der Waals surface area contributed by atoms with E-state index in [1.54, 1.807) is 14.2 Å². The molecule has 0 atom stereocenters. The lowest BCUT2D eigenvalue weighted by atomic mass is 10.3. The summed E-state index contributed by atoms with van der Waals surface area (Å²) in [5.74, 6) is 3.01. The number of benzene rings is 1. The van der Waals surface area contributed by atoms with Crippen molar-refractivity contribution in [2.45, 2.75) is 19.8 Å². The Hall–Kier alpha value is -1.91. The highest BCUT2D eigenvalue weighted by atomic mass is 16.5. The zero-order valence-corrected chi connectivity index (χ0v) is 12.4. The van der Waals surface area contributed by atoms with E-state index < -0.39 is 0 Å². The van der Waals surface area contributed by atoms with Gasteiger partial charge in [0.05, 0.1) is 14.2 Å². The Morgan fingerprint density at radius 3 is 2.60 bits per heavy atom. The molecular weight excluding hydrogens is 254 g/mol. The van der Waals surface area contributed by atoms with E-state index in [4.69, 9.17) is 9.47 Å². The second-order valence-corrected chi connectivity index (χ2v) is 4.86. The Labute approximate surface area is 120 Å². The van der Waals surface area contributed by atoms with Crippen molar-refractivity contribution in [3.8, 4) is 11.5 Å². The molecule has 1 aromatic rings. The van der Waals surface area contributed by atoms with Gasteiger partial charge in [0.25, 0.3) is 0 Å². The van der Waals surface area contributed by atoms with Gasteiger partial charge in [-0.15, -0.1) is 0 Å². The van der Waals surface area contributed by atoms with Crippen LogP contribution in [0.2, 0.25) is 0 Å². The normalized spacial score (nSPS) is 14.8. The monoisotopic (exact) mass is 277 g/mol. The molecule has 20 heavy (non-hydrogen) atoms. The molecule has 1 fully saturated rings. The molecule has 0 amide bonds. The SMILES string of the molecule is CCNC(=NCC1CC1)Nc1ccc(OC)c(OC)c1. The fourth-order valence-corrected chi connectivity index (χ4v) is 1.88. The van der Waals surface area contributed by atoms with Crippen molar-refractivity contribution in [1.82, 2.24) is 5.32 Å². The number of nitrogens with one attached hydrogen (secondary N) is 2. The number of nitrogens with zero attached hydrogens (tertiary/aromatic N) is 1. The third kappa shape index (κ3) is 4.05. The van der Waals surface area contributed by atoms with Gasteiger partial charge in [0.2, 0.25) is 0 Å². The van der Waals surface area contributed by atoms with Crippen molar-refractivity contribution in [3.63, 3.8) is 0 Å². The van der Waals surface area contributed by atoms with E-state index in [1.807, 2.05) is 18.2 Å². The van der Waals surface area contributed by atoms with Crippen LogP contribution in [0.25, 0.3) is 0 Å². The molecule has 1 saturated carbocycles. The number of hydrogen-bond donors (Lipinski definition) is 2. The molecule has 0 spiro atoms. The van der Waals surface area contributed by atoms with Crippen LogP contribution in [0, 0.1) is 5.92 Å². The number of methoxy groups -OCH3 is 2. The maximum atomic E-state index is 5.30. The smallest absolute Gasteiger partial charge is 0.195 e. The number of guanidine groups is 1. The highest BCUT2D eigenvalue weighted by Gasteiger charge is 2.20. The van der Waals surface area contributed by atoms with Gasteiger partial charge in [0.1, 0.15) is 0 Å². The first kappa shape index (κ1) is 14.5. The van der Waals surface area contributed by atoms with E-state index in [2.05, 4.69) is 22.5 Å². The number of ether oxygens (including phenoxy) is 2. The van der Waals surface area contributed by atoms with Gasteiger partial charge >= 0.3 is 0 Å². The summed E-state index contributed by atoms with van der Waals surface area (Å²) in [6.07, 6.45) is 2.61. The first-order valence-corrected chi connectivity index (χ1v) is 7.04. The summed E-state index contributed by atoms with van der Waals surface area (Å²) in [7, 11) is 3.26. The van der Waals surface area contributed by atoms with Crippen LogP contribution >= 0.6 is 0 Å². The van der Waals surface area contributed by atoms with Gasteiger partial charge in [-0.3, -0.25) is 4.99 Å². The molecule has 0 aliphatic heterocycles. The molecule has 0 aromatic heterocycles. The quantitative estimate of drug-likeness (QED) is 0.619. The molecule has 0 radical (unpaired) electrons. The maximum Gasteiger partial charge on any atom is 0.195 e. The second kappa shape index (κ2) is 7.03. The van der Waals surface area contributed by atoms with E-state index >= 15 is 0 Å². The minimum Gasteiger partial charge on any atom is -0.493 e. The average Bonchev–Trinajstić information content (AvgIpc) is 3.29. The summed E-state index contributed by atoms with van der Waals surface area (Å²) in [4.78, 5) is 4.59. The topological polar surface area (TPSA) is 54.9 Å². The largest absolute Gasteiger partial charge is 0.493 e. The van der Waals surface area contributed by atoms with Crippen LogP contribution in [-0.4, -0.2) is 33.3 Å². The van der Waals surface area contributed by atoms with E-state index in [9.17, 15) is 0 Å². The summed E-state index contributed by atoms with van der Waals surface area (Å²) >= 11 is 0. The minimum absolute atomic E-state index is 0.704. The van der Waals surface area contributed by atoms with E-state index in [-0.39, 0.29) is 0 Å². The van der Waals surface area contributed by atoms with Crippen molar-refractivity contribution >= 4 is 11.6 Å². The third-order valence-electron chi connectivity index (χ3n) is 3.20. The fourth-order valence-electron chi connectivity index (χ4n) is 1.88. The third-order valence-corrected chi connectivity index (χ3v) is 3.20. The van der Waals surface area contributed by atoms with E-state index in [0.717, 1.165) is 36.4 Å². The molecule has 5 nitrogen and oxygen atoms in total. The Kier molecular flexibility index (Phi) is 5.09. The molecule has 2 N–H and O–H groups in total. The van der Waals surface area contributed by atoms with Crippen molar-refractivity contribution in [2.75, 3.05) is 32.6 Å². The van der Waals surface area contributed by atoms with Gasteiger partial charge < -0.3 is 20.1 Å². The van der Waals surface area contributed by atoms with Crippen LogP contribution in [-0.2, 0) is 0 Å². The van der Waals surface area contributed by atoms with Crippen LogP contribution in [0.5, 0.6) is 11.5 Å². The zero-order valence-electron chi connectivity index (χ0n) is 12.4. The van der Waals surface area contributed by atoms with Gasteiger partial charge in [-0.2, -0.15) is 0 Å². The summed E-state index contributed by atoms with van der Waals surface area (Å²) in [5.41, 5.74) is 0.929. The van der Waals surface area contributed by atoms with Crippen molar-refractivity contribution in [1.29, 1.82) is 0 Å². The predicted molar refractivity (Wildman–Crippen MR) is 81.9 cm³/mol. The highest BCUT2D eigenvalue weighted by molar-refractivity contribution is 5.93. The second-order valence-electron chi connectivity index (χ2n) is 4.86. The van der Waals surface area contributed by atoms with Crippen LogP contribution in [0.3, 0.4) is 0 Å². The lowest BCUT2D eigenvalue weighted by Crippen LogP contribution is -2.30. The fraction of sp³-hybridized carbons (Fsp3) is 0.533. The molecule has 0 unspecified atom stereocenters. The lowest BCUT2D eigenvalue weighted by Gasteiger charge is -2.13. The van der Waals surface area contributed by atoms with Crippen molar-refractivity contribution in [2.24, 2.45) is 10.9 Å². The molecule has 0 saturated heterocycles. The Bertz CT molecular complexity index is 470. The van der Waals surface area contributed by atoms with Gasteiger partial charge in [-0.1, -0.05) is 0 Å². The number of anilines is 1. The summed E-state index contributed by atoms with van der Waals surface area (Å²) in [5, 5.41) is 6.54. The molecule has 2 rings (SSSR count). The Morgan fingerprint density at radius 1 is 1.25 bits per heavy atom. The molecule has 1 aromatic carbocycles. The number of rotatable bonds is 6. The van der Waals surface area contributed by atoms with Gasteiger partial charge in [0, 0.05) is 24.8 Å². The van der Waals surface area contributed by atoms with Gasteiger partial charge in [0.15, 0.2) is 17.5 Å². The maximum absolute atomic E-state index is 5.30. The molecule has 110 valence electrons. The molecule has 1 aliphatic rings. The minimum atomic E-state index is 0.704. The Balaban J connectivity index is 2.06. The first-order valence-electron chi connectivity index (χ1n) is 7.04. The highest BCUT2D eigenvalue weighted by Crippen LogP contribution is 2.30. The number of aliphatic imine (C=N–C) groups is 1. The summed E-state index contributed by atoms with van der Waals surface area (Å²) in [6.45, 7) is 3.79. The predicted octanol–water partition coefficient (Wildman–Crippen LogP) is 2.49. The summed E-state index contributed by atoms with van der Waals surface area (Å²) in [6, 6.07) is 5.74. The van der Waals surface area contributed by atoms with Crippen LogP contribution in [0.4, 0.5) is 5.69 Å². The van der Waals surface area contributed by atoms with Gasteiger partial charge in [-0.25, -0.2) is 0 Å². The standard InChI is InChI=1S/C15H23N3O2/c1-4-16-15(17-10-11-5-6-11)18-12-7-8-13(19-2)14(9-12)20-3/h7-9,11H,4-6,10H2,1-3H3,(H2,16,17,18). The zero-order chi connectivity index (χ0) is 14.4. The molecule has 0 heterocycles. The van der Waals surface area contributed by atoms with Crippen molar-refractivity contribution < 1.29 is 9.47 Å². The van der Waals surface area contributed by atoms with E-state index in [0.29, 0.717) is 5.75 Å². The lowest BCUT2D eigenvalue weighted by molar-refractivity contribution is 0.355. The van der Waals surface area contributed by atoms with Gasteiger partial charge in [-0.05, 0) is 37.8 Å². The molecule has 0 bridgehead atoms. The van der Waals surface area contributed by atoms with Crippen LogP contribution in [0.1, 0.15) is 19.8 Å². The number of hydrogen-bond acceptors (Lipinski definition) is 3. The molecular formula is C15H23N3O2. The average molecular weight is 277 g/mol. The Morgan fingerprint density at radius 2 is 2.00 bits per heavy atom. The van der Waals surface area contributed by atoms with Crippen LogP contribution < -0.4 is 20.1 Å². The first-order chi connectivity index (χ1) is 9.76. The van der Waals surface area contributed by atoms with E-state index in [1.165, 1.54) is 12.8 Å². The molecule has 5 heteroatoms. The summed E-state index contributed by atoms with van der Waals surface area (Å²) < 4.78 is 10.5. The van der Waals surface area contributed by atoms with Crippen molar-refractivity contribution in [3.05, 3.63) is 18.2 Å². The molecule has 1 aliphatic carbocycles.